The van der Waals surface area contributed by atoms with E-state index in [-0.39, 0.29) is 77.7 Å². The second-order valence-electron chi connectivity index (χ2n) is 24.4. The van der Waals surface area contributed by atoms with Crippen LogP contribution in [-0.2, 0) is 85.2 Å². The topological polar surface area (TPSA) is 353 Å². The molecule has 0 aliphatic carbocycles. The van der Waals surface area contributed by atoms with E-state index in [2.05, 4.69) is 43.8 Å². The van der Waals surface area contributed by atoms with Crippen molar-refractivity contribution in [3.05, 3.63) is 89.0 Å². The molecular weight excluding hydrogens is 1200 g/mol. The van der Waals surface area contributed by atoms with E-state index in [4.69, 9.17) is 35.1 Å². The highest BCUT2D eigenvalue weighted by Crippen LogP contribution is 2.45. The normalized spacial score (nSPS) is 21.2. The van der Waals surface area contributed by atoms with Gasteiger partial charge < -0.3 is 61.1 Å². The second kappa shape index (κ2) is 34.0. The first-order valence-electron chi connectivity index (χ1n) is 29.6. The smallest absolute Gasteiger partial charge is 0.328 e. The van der Waals surface area contributed by atoms with Gasteiger partial charge in [-0.3, -0.25) is 47.7 Å². The highest BCUT2D eigenvalue weighted by atomic mass is 35.5. The molecule has 2 heterocycles. The van der Waals surface area contributed by atoms with Crippen molar-refractivity contribution in [2.24, 2.45) is 22.7 Å². The summed E-state index contributed by atoms with van der Waals surface area (Å²) in [5, 5.41) is 19.3. The van der Waals surface area contributed by atoms with Gasteiger partial charge in [-0.1, -0.05) is 102 Å². The summed E-state index contributed by atoms with van der Waals surface area (Å²) < 4.78 is 53.6. The lowest BCUT2D eigenvalue weighted by atomic mass is 9.82. The van der Waals surface area contributed by atoms with Crippen LogP contribution in [0.3, 0.4) is 0 Å². The van der Waals surface area contributed by atoms with E-state index >= 15 is 0 Å². The summed E-state index contributed by atoms with van der Waals surface area (Å²) >= 11 is 6.42. The average Bonchev–Trinajstić information content (AvgIpc) is 1.88. The predicted molar refractivity (Wildman–Crippen MR) is 330 cm³/mol. The number of amides is 8. The quantitative estimate of drug-likeness (QED) is 0.0259. The number of carbonyl (C=O) groups excluding carboxylic acids is 10. The maximum absolute atomic E-state index is 14.3. The molecule has 2 aliphatic rings. The number of benzene rings is 2. The van der Waals surface area contributed by atoms with E-state index in [0.29, 0.717) is 21.9 Å². The third kappa shape index (κ3) is 24.8. The van der Waals surface area contributed by atoms with Gasteiger partial charge in [-0.25, -0.2) is 4.79 Å². The lowest BCUT2D eigenvalue weighted by Crippen LogP contribution is -2.58. The molecule has 0 saturated carbocycles. The molecule has 0 radical (unpaired) electrons. The number of nitrogens with one attached hydrogen (secondary N) is 7. The van der Waals surface area contributed by atoms with Crippen molar-refractivity contribution in [2.75, 3.05) is 39.1 Å². The number of methoxy groups -OCH3 is 1. The van der Waals surface area contributed by atoms with E-state index in [1.165, 1.54) is 31.1 Å². The molecule has 0 bridgehead atoms. The third-order valence-corrected chi connectivity index (χ3v) is 16.2. The van der Waals surface area contributed by atoms with Gasteiger partial charge in [0, 0.05) is 70.2 Å². The molecule has 9 atom stereocenters. The van der Waals surface area contributed by atoms with Gasteiger partial charge in [0.1, 0.15) is 48.7 Å². The number of epoxide rings is 1. The predicted octanol–water partition coefficient (Wildman–Crippen LogP) is 3.86. The zero-order chi connectivity index (χ0) is 66.6. The first-order valence-corrected chi connectivity index (χ1v) is 31.6. The highest BCUT2D eigenvalue weighted by Gasteiger charge is 2.48. The first-order chi connectivity index (χ1) is 41.6. The minimum Gasteiger partial charge on any atom is -0.495 e. The number of rotatable bonds is 28. The number of halogens is 1. The molecule has 8 amide bonds. The molecule has 4 rings (SSSR count). The number of carbonyl (C=O) groups is 10. The molecule has 2 aromatic rings. The Kier molecular flexibility index (Phi) is 28.3. The monoisotopic (exact) mass is 1280 g/mol. The highest BCUT2D eigenvalue weighted by molar-refractivity contribution is 7.85. The fraction of sp³-hybridized carbons (Fsp3) is 0.581. The van der Waals surface area contributed by atoms with Crippen molar-refractivity contribution in [3.8, 4) is 5.75 Å². The SMILES string of the molecule is C=CCOC(=O)CCN(CCC(=O)N[C@H](C(=O)N[C@@H](C)C(=O)NCc1ccc([C@H]2O[C@@H]2[C@@H](C)[C@@H]2C/C=C\C(=O)N[C@H](Cc3ccc(OC)c(Cl)c3)C(=O)N[C@@H](C)C(C)(C)C(=O)N[C@@H](CC(C)(C)C)C(=O)O2)cc1)C(C)C)C(=O)CCC(=O)NCCS(=O)(=O)O. The van der Waals surface area contributed by atoms with Crippen LogP contribution in [0.5, 0.6) is 5.75 Å². The Labute approximate surface area is 526 Å². The minimum atomic E-state index is -4.32. The van der Waals surface area contributed by atoms with Crippen LogP contribution in [0.1, 0.15) is 131 Å². The van der Waals surface area contributed by atoms with Crippen molar-refractivity contribution in [3.63, 3.8) is 0 Å². The Morgan fingerprint density at radius 3 is 2.16 bits per heavy atom. The molecule has 8 N–H and O–H groups in total. The van der Waals surface area contributed by atoms with Crippen LogP contribution in [0.2, 0.25) is 5.02 Å². The molecule has 2 aromatic carbocycles. The molecule has 2 aliphatic heterocycles. The summed E-state index contributed by atoms with van der Waals surface area (Å²) in [5.74, 6) is -7.18. The van der Waals surface area contributed by atoms with Crippen molar-refractivity contribution in [2.45, 2.75) is 169 Å². The summed E-state index contributed by atoms with van der Waals surface area (Å²) in [6, 6.07) is 7.26. The Bertz CT molecular complexity index is 3010. The third-order valence-electron chi connectivity index (χ3n) is 15.2. The Morgan fingerprint density at radius 2 is 1.54 bits per heavy atom. The summed E-state index contributed by atoms with van der Waals surface area (Å²) in [6.07, 6.45) is 1.61. The van der Waals surface area contributed by atoms with Gasteiger partial charge in [0.2, 0.25) is 47.3 Å². The van der Waals surface area contributed by atoms with Gasteiger partial charge in [0.05, 0.1) is 35.8 Å². The van der Waals surface area contributed by atoms with Gasteiger partial charge in [-0.15, -0.1) is 0 Å². The van der Waals surface area contributed by atoms with Crippen LogP contribution < -0.4 is 42.0 Å². The standard InChI is InChI=1S/C62H89ClN8O17S/c1-13-30-86-52(76)26-29-71(51(75)24-23-48(72)64-27-31-89(82,83)84)28-25-50(74)70-53(36(2)3)58(79)66-38(5)56(77)65-35-40-17-20-42(21-18-40)55-54(88-55)37(4)46-15-14-16-49(73)68-44(33-41-19-22-47(85-12)43(63)32-41)57(78)67-39(6)62(10,11)60(81)69-45(59(80)87-46)34-61(7,8)9/h13-14,16-22,32,36-39,44-46,53-55H,1,15,23-31,33-35H2,2-12H3,(H,64,72)(H,65,77)(H,66,79)(H,67,78)(H,68,73)(H,69,81)(H,70,74)(H,82,83,84)/b16-14-/t37-,38-,39-,44+,45-,46-,53-,54+,55+/m0/s1. The van der Waals surface area contributed by atoms with Gasteiger partial charge >= 0.3 is 11.9 Å². The molecule has 0 spiro atoms. The molecule has 89 heavy (non-hydrogen) atoms. The number of esters is 2. The lowest BCUT2D eigenvalue weighted by Gasteiger charge is -2.35. The molecule has 0 unspecified atom stereocenters. The van der Waals surface area contributed by atoms with Crippen LogP contribution in [0, 0.1) is 22.7 Å². The van der Waals surface area contributed by atoms with Crippen molar-refractivity contribution < 1.29 is 79.9 Å². The molecule has 1 fully saturated rings. The first kappa shape index (κ1) is 74.0. The van der Waals surface area contributed by atoms with Crippen LogP contribution in [0.4, 0.5) is 0 Å². The Morgan fingerprint density at radius 1 is 0.876 bits per heavy atom. The Balaban J connectivity index is 1.39. The fourth-order valence-corrected chi connectivity index (χ4v) is 10.0. The molecular formula is C62H89ClN8O17S. The van der Waals surface area contributed by atoms with Crippen molar-refractivity contribution in [1.82, 2.24) is 42.1 Å². The summed E-state index contributed by atoms with van der Waals surface area (Å²) in [7, 11) is -2.84. The second-order valence-corrected chi connectivity index (χ2v) is 26.4. The summed E-state index contributed by atoms with van der Waals surface area (Å²) in [5.41, 5.74) is 0.472. The minimum absolute atomic E-state index is 0.0582. The van der Waals surface area contributed by atoms with Crippen molar-refractivity contribution in [1.29, 1.82) is 0 Å². The van der Waals surface area contributed by atoms with E-state index < -0.39 is 146 Å². The van der Waals surface area contributed by atoms with E-state index in [0.717, 1.165) is 5.56 Å². The average molecular weight is 1290 g/mol. The maximum Gasteiger partial charge on any atom is 0.328 e. The zero-order valence-corrected chi connectivity index (χ0v) is 54.2. The van der Waals surface area contributed by atoms with Gasteiger partial charge in [-0.2, -0.15) is 8.42 Å². The van der Waals surface area contributed by atoms with Crippen LogP contribution in [-0.4, -0.2) is 159 Å². The molecule has 25 nitrogen and oxygen atoms in total. The number of ether oxygens (including phenoxy) is 4. The molecule has 1 saturated heterocycles. The van der Waals surface area contributed by atoms with Crippen LogP contribution in [0.15, 0.2) is 67.3 Å². The van der Waals surface area contributed by atoms with E-state index in [1.807, 2.05) is 39.8 Å². The van der Waals surface area contributed by atoms with Crippen LogP contribution >= 0.6 is 11.6 Å². The van der Waals surface area contributed by atoms with E-state index in [9.17, 15) is 56.4 Å². The molecule has 0 aromatic heterocycles. The van der Waals surface area contributed by atoms with Crippen LogP contribution in [0.25, 0.3) is 0 Å². The number of hydrogen-bond acceptors (Lipinski definition) is 16. The molecule has 492 valence electrons. The Hall–Kier alpha value is -7.42. The molecule has 27 heteroatoms. The summed E-state index contributed by atoms with van der Waals surface area (Å²) in [4.78, 5) is 135. The number of cyclic esters (lactones) is 1. The fourth-order valence-electron chi connectivity index (χ4n) is 9.41. The van der Waals surface area contributed by atoms with E-state index in [1.54, 1.807) is 71.0 Å². The van der Waals surface area contributed by atoms with Crippen molar-refractivity contribution >= 4 is 80.9 Å². The zero-order valence-electron chi connectivity index (χ0n) is 52.7. The largest absolute Gasteiger partial charge is 0.495 e. The number of hydrogen-bond donors (Lipinski definition) is 8. The maximum atomic E-state index is 14.3. The number of nitrogens with zero attached hydrogens (tertiary/aromatic N) is 1. The summed E-state index contributed by atoms with van der Waals surface area (Å²) in [6.45, 7) is 20.2. The lowest BCUT2D eigenvalue weighted by molar-refractivity contribution is -0.157. The van der Waals surface area contributed by atoms with Gasteiger partial charge in [0.15, 0.2) is 0 Å². The van der Waals surface area contributed by atoms with Gasteiger partial charge in [-0.05, 0) is 80.3 Å². The van der Waals surface area contributed by atoms with Gasteiger partial charge in [0.25, 0.3) is 10.1 Å².